The molecule has 0 spiro atoms. The van der Waals surface area contributed by atoms with Gasteiger partial charge in [-0.15, -0.1) is 0 Å². The van der Waals surface area contributed by atoms with Gasteiger partial charge in [0, 0.05) is 15.4 Å². The molecule has 0 bridgehead atoms. The quantitative estimate of drug-likeness (QED) is 0.749. The minimum atomic E-state index is -0.133. The van der Waals surface area contributed by atoms with Crippen molar-refractivity contribution in [2.45, 2.75) is 6.92 Å². The number of para-hydroxylation sites is 1. The number of halogens is 1. The summed E-state index contributed by atoms with van der Waals surface area (Å²) in [6.07, 6.45) is 1.73. The minimum Gasteiger partial charge on any atom is -0.320 e. The first-order valence-electron chi connectivity index (χ1n) is 6.15. The predicted octanol–water partition coefficient (Wildman–Crippen LogP) is 3.89. The molecule has 3 aromatic rings. The number of carbonyl (C=O) groups is 1. The van der Waals surface area contributed by atoms with Crippen molar-refractivity contribution in [3.63, 3.8) is 0 Å². The topological polar surface area (TPSA) is 57.8 Å². The van der Waals surface area contributed by atoms with Gasteiger partial charge in [-0.3, -0.25) is 9.89 Å². The molecule has 0 aliphatic rings. The maximum Gasteiger partial charge on any atom is 0.256 e. The van der Waals surface area contributed by atoms with E-state index in [1.54, 1.807) is 6.20 Å². The largest absolute Gasteiger partial charge is 0.320 e. The number of fused-ring (bicyclic) bond motifs is 1. The van der Waals surface area contributed by atoms with E-state index in [1.807, 2.05) is 43.3 Å². The number of aromatic nitrogens is 2. The zero-order chi connectivity index (χ0) is 14.1. The van der Waals surface area contributed by atoms with Gasteiger partial charge in [0.15, 0.2) is 0 Å². The van der Waals surface area contributed by atoms with Crippen LogP contribution in [0.2, 0.25) is 0 Å². The molecule has 0 atom stereocenters. The van der Waals surface area contributed by atoms with Crippen molar-refractivity contribution < 1.29 is 4.79 Å². The maximum atomic E-state index is 12.4. The van der Waals surface area contributed by atoms with Crippen LogP contribution < -0.4 is 5.32 Å². The van der Waals surface area contributed by atoms with Crippen LogP contribution in [0.15, 0.2) is 47.1 Å². The summed E-state index contributed by atoms with van der Waals surface area (Å²) in [4.78, 5) is 12.4. The molecule has 3 rings (SSSR count). The number of benzene rings is 2. The molecule has 1 heterocycles. The molecule has 0 radical (unpaired) electrons. The second kappa shape index (κ2) is 5.09. The number of rotatable bonds is 2. The van der Waals surface area contributed by atoms with E-state index >= 15 is 0 Å². The molecule has 100 valence electrons. The third kappa shape index (κ3) is 2.20. The van der Waals surface area contributed by atoms with Crippen LogP contribution in [0.3, 0.4) is 0 Å². The normalized spacial score (nSPS) is 10.7. The minimum absolute atomic E-state index is 0.133. The summed E-state index contributed by atoms with van der Waals surface area (Å²) in [5.41, 5.74) is 3.12. The van der Waals surface area contributed by atoms with Gasteiger partial charge in [-0.2, -0.15) is 5.10 Å². The molecular formula is C15H12BrN3O. The van der Waals surface area contributed by atoms with Crippen LogP contribution in [0.1, 0.15) is 15.9 Å². The number of amides is 1. The highest BCUT2D eigenvalue weighted by Crippen LogP contribution is 2.23. The van der Waals surface area contributed by atoms with Gasteiger partial charge in [0.1, 0.15) is 0 Å². The van der Waals surface area contributed by atoms with Crippen LogP contribution in [-0.2, 0) is 0 Å². The Kier molecular flexibility index (Phi) is 3.28. The Morgan fingerprint density at radius 1 is 1.25 bits per heavy atom. The second-order valence-corrected chi connectivity index (χ2v) is 5.36. The Morgan fingerprint density at radius 3 is 2.90 bits per heavy atom. The first-order valence-corrected chi connectivity index (χ1v) is 6.94. The Labute approximate surface area is 124 Å². The number of nitrogens with one attached hydrogen (secondary N) is 2. The highest BCUT2D eigenvalue weighted by molar-refractivity contribution is 9.10. The standard InChI is InChI=1S/C15H12BrN3O/c1-9-11(5-3-6-12(9)16)15(20)18-13-7-2-4-10-8-17-19-14(10)13/h2-8H,1H3,(H,17,19)(H,18,20). The van der Waals surface area contributed by atoms with E-state index in [0.717, 1.165) is 26.6 Å². The Hall–Kier alpha value is -2.14. The lowest BCUT2D eigenvalue weighted by atomic mass is 10.1. The summed E-state index contributed by atoms with van der Waals surface area (Å²) in [5, 5.41) is 10.8. The molecule has 5 heteroatoms. The van der Waals surface area contributed by atoms with E-state index in [4.69, 9.17) is 0 Å². The Balaban J connectivity index is 1.97. The van der Waals surface area contributed by atoms with E-state index in [9.17, 15) is 4.79 Å². The molecule has 0 saturated heterocycles. The summed E-state index contributed by atoms with van der Waals surface area (Å²) in [6, 6.07) is 11.3. The molecule has 0 saturated carbocycles. The molecule has 4 nitrogen and oxygen atoms in total. The first kappa shape index (κ1) is 12.9. The molecule has 20 heavy (non-hydrogen) atoms. The van der Waals surface area contributed by atoms with Crippen LogP contribution in [0.4, 0.5) is 5.69 Å². The second-order valence-electron chi connectivity index (χ2n) is 4.51. The molecule has 0 aliphatic heterocycles. The van der Waals surface area contributed by atoms with Crippen molar-refractivity contribution in [2.24, 2.45) is 0 Å². The van der Waals surface area contributed by atoms with Gasteiger partial charge in [-0.1, -0.05) is 34.1 Å². The smallest absolute Gasteiger partial charge is 0.256 e. The molecule has 0 fully saturated rings. The van der Waals surface area contributed by atoms with Crippen LogP contribution in [-0.4, -0.2) is 16.1 Å². The third-order valence-electron chi connectivity index (χ3n) is 3.24. The number of aromatic amines is 1. The molecule has 2 aromatic carbocycles. The number of hydrogen-bond acceptors (Lipinski definition) is 2. The highest BCUT2D eigenvalue weighted by Gasteiger charge is 2.12. The molecule has 2 N–H and O–H groups in total. The summed E-state index contributed by atoms with van der Waals surface area (Å²) in [6.45, 7) is 1.91. The van der Waals surface area contributed by atoms with Crippen molar-refractivity contribution in [3.8, 4) is 0 Å². The fourth-order valence-corrected chi connectivity index (χ4v) is 2.48. The number of anilines is 1. The molecule has 1 aromatic heterocycles. The van der Waals surface area contributed by atoms with E-state index in [1.165, 1.54) is 0 Å². The number of nitrogens with zero attached hydrogens (tertiary/aromatic N) is 1. The molecule has 0 aliphatic carbocycles. The maximum absolute atomic E-state index is 12.4. The van der Waals surface area contributed by atoms with Gasteiger partial charge >= 0.3 is 0 Å². The van der Waals surface area contributed by atoms with Crippen molar-refractivity contribution in [1.29, 1.82) is 0 Å². The monoisotopic (exact) mass is 329 g/mol. The predicted molar refractivity (Wildman–Crippen MR) is 82.9 cm³/mol. The van der Waals surface area contributed by atoms with Crippen molar-refractivity contribution in [2.75, 3.05) is 5.32 Å². The Bertz CT molecular complexity index is 795. The van der Waals surface area contributed by atoms with Gasteiger partial charge in [0.05, 0.1) is 17.4 Å². The summed E-state index contributed by atoms with van der Waals surface area (Å²) < 4.78 is 0.921. The van der Waals surface area contributed by atoms with Gasteiger partial charge in [-0.05, 0) is 30.7 Å². The zero-order valence-corrected chi connectivity index (χ0v) is 12.4. The van der Waals surface area contributed by atoms with E-state index in [2.05, 4.69) is 31.4 Å². The SMILES string of the molecule is Cc1c(Br)cccc1C(=O)Nc1cccc2cn[nH]c12. The van der Waals surface area contributed by atoms with E-state index in [-0.39, 0.29) is 5.91 Å². The number of H-pyrrole nitrogens is 1. The fraction of sp³-hybridized carbons (Fsp3) is 0.0667. The lowest BCUT2D eigenvalue weighted by Crippen LogP contribution is -2.13. The van der Waals surface area contributed by atoms with Gasteiger partial charge in [0.2, 0.25) is 0 Å². The summed E-state index contributed by atoms with van der Waals surface area (Å²) >= 11 is 3.44. The van der Waals surface area contributed by atoms with E-state index in [0.29, 0.717) is 5.56 Å². The molecule has 1 amide bonds. The van der Waals surface area contributed by atoms with Crippen LogP contribution >= 0.6 is 15.9 Å². The lowest BCUT2D eigenvalue weighted by molar-refractivity contribution is 0.102. The molecule has 0 unspecified atom stereocenters. The van der Waals surface area contributed by atoms with Crippen LogP contribution in [0.5, 0.6) is 0 Å². The summed E-state index contributed by atoms with van der Waals surface area (Å²) in [7, 11) is 0. The number of carbonyl (C=O) groups excluding carboxylic acids is 1. The van der Waals surface area contributed by atoms with Crippen molar-refractivity contribution in [1.82, 2.24) is 10.2 Å². The lowest BCUT2D eigenvalue weighted by Gasteiger charge is -2.09. The van der Waals surface area contributed by atoms with Crippen molar-refractivity contribution in [3.05, 3.63) is 58.2 Å². The Morgan fingerprint density at radius 2 is 2.05 bits per heavy atom. The number of hydrogen-bond donors (Lipinski definition) is 2. The first-order chi connectivity index (χ1) is 9.66. The van der Waals surface area contributed by atoms with Gasteiger partial charge < -0.3 is 5.32 Å². The third-order valence-corrected chi connectivity index (χ3v) is 4.10. The average Bonchev–Trinajstić information content (AvgIpc) is 2.91. The van der Waals surface area contributed by atoms with Crippen LogP contribution in [0.25, 0.3) is 10.9 Å². The fourth-order valence-electron chi connectivity index (χ4n) is 2.12. The zero-order valence-electron chi connectivity index (χ0n) is 10.8. The summed E-state index contributed by atoms with van der Waals surface area (Å²) in [5.74, 6) is -0.133. The van der Waals surface area contributed by atoms with Gasteiger partial charge in [0.25, 0.3) is 5.91 Å². The molecular weight excluding hydrogens is 318 g/mol. The average molecular weight is 330 g/mol. The van der Waals surface area contributed by atoms with Crippen molar-refractivity contribution >= 4 is 38.4 Å². The van der Waals surface area contributed by atoms with E-state index < -0.39 is 0 Å². The van der Waals surface area contributed by atoms with Gasteiger partial charge in [-0.25, -0.2) is 0 Å². The van der Waals surface area contributed by atoms with Crippen LogP contribution in [0, 0.1) is 6.92 Å². The highest BCUT2D eigenvalue weighted by atomic mass is 79.9.